The highest BCUT2D eigenvalue weighted by Gasteiger charge is 2.29. The second-order valence-electron chi connectivity index (χ2n) is 3.42. The zero-order valence-electron chi connectivity index (χ0n) is 7.87. The van der Waals surface area contributed by atoms with Gasteiger partial charge in [0.1, 0.15) is 5.78 Å². The lowest BCUT2D eigenvalue weighted by atomic mass is 10.0. The van der Waals surface area contributed by atoms with Crippen LogP contribution in [0.3, 0.4) is 0 Å². The van der Waals surface area contributed by atoms with E-state index in [1.54, 1.807) is 0 Å². The summed E-state index contributed by atoms with van der Waals surface area (Å²) in [6, 6.07) is 0. The van der Waals surface area contributed by atoms with Crippen LogP contribution in [0, 0.1) is 5.92 Å². The van der Waals surface area contributed by atoms with Gasteiger partial charge < -0.3 is 0 Å². The van der Waals surface area contributed by atoms with Crippen molar-refractivity contribution in [1.82, 2.24) is 0 Å². The first-order valence-corrected chi connectivity index (χ1v) is 6.49. The number of hydrogen-bond acceptors (Lipinski definition) is 3. The van der Waals surface area contributed by atoms with Crippen molar-refractivity contribution in [1.29, 1.82) is 0 Å². The van der Waals surface area contributed by atoms with Crippen molar-refractivity contribution in [3.63, 3.8) is 0 Å². The summed E-state index contributed by atoms with van der Waals surface area (Å²) < 4.78 is 0. The first-order chi connectivity index (χ1) is 5.63. The molecule has 0 saturated carbocycles. The Morgan fingerprint density at radius 2 is 1.92 bits per heavy atom. The van der Waals surface area contributed by atoms with Gasteiger partial charge in [-0.3, -0.25) is 4.79 Å². The Kier molecular flexibility index (Phi) is 3.97. The zero-order valence-corrected chi connectivity index (χ0v) is 9.50. The first-order valence-electron chi connectivity index (χ1n) is 4.40. The number of carbonyl (C=O) groups is 1. The van der Waals surface area contributed by atoms with Crippen molar-refractivity contribution in [3.05, 3.63) is 0 Å². The van der Waals surface area contributed by atoms with Crippen LogP contribution in [0.1, 0.15) is 20.8 Å². The van der Waals surface area contributed by atoms with Gasteiger partial charge >= 0.3 is 0 Å². The fourth-order valence-electron chi connectivity index (χ4n) is 1.27. The van der Waals surface area contributed by atoms with Gasteiger partial charge in [-0.15, -0.1) is 11.8 Å². The smallest absolute Gasteiger partial charge is 0.149 e. The third-order valence-electron chi connectivity index (χ3n) is 2.04. The molecule has 1 heterocycles. The molecular weight excluding hydrogens is 188 g/mol. The molecule has 0 aromatic rings. The summed E-state index contributed by atoms with van der Waals surface area (Å²) in [5.41, 5.74) is 0. The van der Waals surface area contributed by atoms with Crippen LogP contribution in [0.15, 0.2) is 0 Å². The Hall–Kier alpha value is 0.370. The number of Topliss-reactive ketones (excluding diaryl/α,β-unsaturated/α-hetero) is 1. The molecule has 0 aromatic carbocycles. The zero-order chi connectivity index (χ0) is 9.14. The van der Waals surface area contributed by atoms with Crippen LogP contribution in [-0.2, 0) is 4.79 Å². The Balaban J connectivity index is 2.53. The van der Waals surface area contributed by atoms with Gasteiger partial charge in [-0.05, 0) is 0 Å². The van der Waals surface area contributed by atoms with Crippen LogP contribution in [-0.4, -0.2) is 27.8 Å². The Labute approximate surface area is 83.1 Å². The Morgan fingerprint density at radius 1 is 1.33 bits per heavy atom. The highest BCUT2D eigenvalue weighted by Crippen LogP contribution is 2.32. The highest BCUT2D eigenvalue weighted by atomic mass is 32.2. The second-order valence-corrected chi connectivity index (χ2v) is 6.16. The Bertz CT molecular complexity index is 168. The Morgan fingerprint density at radius 3 is 2.42 bits per heavy atom. The summed E-state index contributed by atoms with van der Waals surface area (Å²) in [6.07, 6.45) is 0. The quantitative estimate of drug-likeness (QED) is 0.688. The van der Waals surface area contributed by atoms with Crippen LogP contribution in [0.25, 0.3) is 0 Å². The molecule has 0 N–H and O–H groups in total. The maximum absolute atomic E-state index is 11.7. The normalized spacial score (nSPS) is 30.7. The van der Waals surface area contributed by atoms with E-state index < -0.39 is 0 Å². The monoisotopic (exact) mass is 204 g/mol. The molecule has 3 heteroatoms. The number of rotatable bonds is 2. The molecule has 1 aliphatic heterocycles. The van der Waals surface area contributed by atoms with E-state index in [1.165, 1.54) is 5.75 Å². The van der Waals surface area contributed by atoms with Crippen molar-refractivity contribution in [2.24, 2.45) is 5.92 Å². The minimum atomic E-state index is 0.198. The van der Waals surface area contributed by atoms with Gasteiger partial charge in [0.2, 0.25) is 0 Å². The molecule has 2 unspecified atom stereocenters. The minimum Gasteiger partial charge on any atom is -0.298 e. The number of ketones is 1. The molecule has 0 bridgehead atoms. The predicted molar refractivity (Wildman–Crippen MR) is 58.0 cm³/mol. The van der Waals surface area contributed by atoms with Gasteiger partial charge in [-0.1, -0.05) is 20.8 Å². The van der Waals surface area contributed by atoms with E-state index in [-0.39, 0.29) is 11.2 Å². The standard InChI is InChI=1S/C9H16OS2/c1-6(2)8(10)9-7(3)11-4-5-12-9/h6-7,9H,4-5H2,1-3H3. The fraction of sp³-hybridized carbons (Fsp3) is 0.889. The van der Waals surface area contributed by atoms with Crippen LogP contribution in [0.4, 0.5) is 0 Å². The number of hydrogen-bond donors (Lipinski definition) is 0. The molecule has 0 amide bonds. The fourth-order valence-corrected chi connectivity index (χ4v) is 4.16. The lowest BCUT2D eigenvalue weighted by molar-refractivity contribution is -0.121. The molecule has 1 saturated heterocycles. The van der Waals surface area contributed by atoms with Crippen LogP contribution >= 0.6 is 23.5 Å². The third-order valence-corrected chi connectivity index (χ3v) is 5.15. The molecule has 0 radical (unpaired) electrons. The van der Waals surface area contributed by atoms with E-state index in [2.05, 4.69) is 6.92 Å². The van der Waals surface area contributed by atoms with Crippen molar-refractivity contribution < 1.29 is 4.79 Å². The maximum atomic E-state index is 11.7. The third kappa shape index (κ3) is 2.43. The summed E-state index contributed by atoms with van der Waals surface area (Å²) in [6.45, 7) is 6.16. The van der Waals surface area contributed by atoms with Crippen molar-refractivity contribution >= 4 is 29.3 Å². The second kappa shape index (κ2) is 4.56. The van der Waals surface area contributed by atoms with E-state index in [4.69, 9.17) is 0 Å². The lowest BCUT2D eigenvalue weighted by Gasteiger charge is -2.27. The van der Waals surface area contributed by atoms with Gasteiger partial charge in [0.15, 0.2) is 0 Å². The molecule has 0 spiro atoms. The van der Waals surface area contributed by atoms with Gasteiger partial charge in [0.05, 0.1) is 5.25 Å². The van der Waals surface area contributed by atoms with E-state index in [9.17, 15) is 4.79 Å². The van der Waals surface area contributed by atoms with Crippen LogP contribution in [0.5, 0.6) is 0 Å². The SMILES string of the molecule is CC(C)C(=O)C1SCCSC1C. The van der Waals surface area contributed by atoms with Crippen LogP contribution in [0.2, 0.25) is 0 Å². The summed E-state index contributed by atoms with van der Waals surface area (Å²) in [5, 5.41) is 0.766. The largest absolute Gasteiger partial charge is 0.298 e. The number of carbonyl (C=O) groups excluding carboxylic acids is 1. The minimum absolute atomic E-state index is 0.198. The number of thioether (sulfide) groups is 2. The average Bonchev–Trinajstić information content (AvgIpc) is 2.04. The maximum Gasteiger partial charge on any atom is 0.149 e. The highest BCUT2D eigenvalue weighted by molar-refractivity contribution is 8.07. The van der Waals surface area contributed by atoms with Gasteiger partial charge in [-0.2, -0.15) is 11.8 Å². The molecule has 0 aromatic heterocycles. The first kappa shape index (κ1) is 10.5. The van der Waals surface area contributed by atoms with Crippen molar-refractivity contribution in [2.45, 2.75) is 31.3 Å². The molecule has 0 aliphatic carbocycles. The molecule has 1 aliphatic rings. The molecule has 1 rings (SSSR count). The van der Waals surface area contributed by atoms with E-state index in [1.807, 2.05) is 37.4 Å². The average molecular weight is 204 g/mol. The predicted octanol–water partition coefficient (Wildman–Crippen LogP) is 2.45. The molecular formula is C9H16OS2. The molecule has 12 heavy (non-hydrogen) atoms. The molecule has 1 nitrogen and oxygen atoms in total. The van der Waals surface area contributed by atoms with Gasteiger partial charge in [-0.25, -0.2) is 0 Å². The lowest BCUT2D eigenvalue weighted by Crippen LogP contribution is -2.33. The summed E-state index contributed by atoms with van der Waals surface area (Å²) in [7, 11) is 0. The van der Waals surface area contributed by atoms with Gasteiger partial charge in [0, 0.05) is 22.7 Å². The van der Waals surface area contributed by atoms with Crippen molar-refractivity contribution in [2.75, 3.05) is 11.5 Å². The molecule has 1 fully saturated rings. The topological polar surface area (TPSA) is 17.1 Å². The van der Waals surface area contributed by atoms with Gasteiger partial charge in [0.25, 0.3) is 0 Å². The van der Waals surface area contributed by atoms with Crippen molar-refractivity contribution in [3.8, 4) is 0 Å². The van der Waals surface area contributed by atoms with Crippen LogP contribution < -0.4 is 0 Å². The molecule has 2 atom stereocenters. The summed E-state index contributed by atoms with van der Waals surface area (Å²) >= 11 is 3.77. The molecule has 70 valence electrons. The summed E-state index contributed by atoms with van der Waals surface area (Å²) in [4.78, 5) is 11.7. The van der Waals surface area contributed by atoms with E-state index in [0.717, 1.165) is 5.75 Å². The van der Waals surface area contributed by atoms with E-state index in [0.29, 0.717) is 11.0 Å². The van der Waals surface area contributed by atoms with E-state index >= 15 is 0 Å². The summed E-state index contributed by atoms with van der Waals surface area (Å²) in [5.74, 6) is 2.97.